The molecule has 0 unspecified atom stereocenters. The lowest BCUT2D eigenvalue weighted by Crippen LogP contribution is -2.49. The average molecular weight is 543 g/mol. The van der Waals surface area contributed by atoms with E-state index in [2.05, 4.69) is 61.6 Å². The van der Waals surface area contributed by atoms with Crippen LogP contribution < -0.4 is 14.9 Å². The molecule has 3 heterocycles. The van der Waals surface area contributed by atoms with E-state index in [1.54, 1.807) is 11.6 Å². The van der Waals surface area contributed by atoms with E-state index in [-0.39, 0.29) is 5.56 Å². The van der Waals surface area contributed by atoms with Gasteiger partial charge in [-0.2, -0.15) is 5.26 Å². The van der Waals surface area contributed by atoms with E-state index >= 15 is 4.39 Å². The summed E-state index contributed by atoms with van der Waals surface area (Å²) in [5.74, 6) is -0.793. The van der Waals surface area contributed by atoms with Crippen molar-refractivity contribution in [3.05, 3.63) is 102 Å². The highest BCUT2D eigenvalue weighted by Gasteiger charge is 2.37. The summed E-state index contributed by atoms with van der Waals surface area (Å²) < 4.78 is 46.6. The van der Waals surface area contributed by atoms with Crippen LogP contribution in [0.25, 0.3) is 55.4 Å². The fraction of sp³-hybridized carbons (Fsp3) is 0.143. The van der Waals surface area contributed by atoms with Gasteiger partial charge >= 0.3 is 0 Å². The van der Waals surface area contributed by atoms with Crippen LogP contribution in [0.2, 0.25) is 13.1 Å². The number of nitriles is 1. The van der Waals surface area contributed by atoms with Crippen molar-refractivity contribution in [2.75, 3.05) is 0 Å². The Kier molecular flexibility index (Phi) is 4.52. The molecule has 0 N–H and O–H groups in total. The predicted octanol–water partition coefficient (Wildman–Crippen LogP) is 7.18. The first-order chi connectivity index (χ1) is 20.4. The number of hydrogen-bond acceptors (Lipinski definition) is 2. The van der Waals surface area contributed by atoms with Crippen LogP contribution >= 0.6 is 0 Å². The summed E-state index contributed by atoms with van der Waals surface area (Å²) in [5.41, 5.74) is 7.55. The van der Waals surface area contributed by atoms with Crippen molar-refractivity contribution in [1.82, 2.24) is 0 Å². The van der Waals surface area contributed by atoms with Crippen molar-refractivity contribution < 1.29 is 17.5 Å². The first-order valence-electron chi connectivity index (χ1n) is 14.8. The van der Waals surface area contributed by atoms with Gasteiger partial charge in [-0.1, -0.05) is 67.7 Å². The van der Waals surface area contributed by atoms with Gasteiger partial charge in [-0.25, -0.2) is 8.96 Å². The van der Waals surface area contributed by atoms with Crippen LogP contribution in [0.3, 0.4) is 0 Å². The van der Waals surface area contributed by atoms with Crippen molar-refractivity contribution in [2.24, 2.45) is 7.05 Å². The Morgan fingerprint density at radius 1 is 0.875 bits per heavy atom. The largest absolute Gasteiger partial charge is 0.454 e. The Morgan fingerprint density at radius 3 is 2.38 bits per heavy atom. The monoisotopic (exact) mass is 542 g/mol. The van der Waals surface area contributed by atoms with Gasteiger partial charge in [-0.05, 0) is 58.5 Å². The minimum absolute atomic E-state index is 0.334. The van der Waals surface area contributed by atoms with E-state index in [9.17, 15) is 5.26 Å². The average Bonchev–Trinajstić information content (AvgIpc) is 3.45. The summed E-state index contributed by atoms with van der Waals surface area (Å²) >= 11 is 0. The molecule has 40 heavy (non-hydrogen) atoms. The van der Waals surface area contributed by atoms with Gasteiger partial charge in [-0.3, -0.25) is 0 Å². The topological polar surface area (TPSA) is 40.8 Å². The molecule has 0 spiro atoms. The zero-order valence-corrected chi connectivity index (χ0v) is 23.7. The fourth-order valence-electron chi connectivity index (χ4n) is 6.43. The van der Waals surface area contributed by atoms with Crippen LogP contribution in [0.1, 0.15) is 20.8 Å². The summed E-state index contributed by atoms with van der Waals surface area (Å²) in [5, 5.41) is 14.6. The highest BCUT2D eigenvalue weighted by atomic mass is 28.3. The lowest BCUT2D eigenvalue weighted by Gasteiger charge is -2.19. The molecular formula is C35H28FN2OSi+. The van der Waals surface area contributed by atoms with Gasteiger partial charge in [0, 0.05) is 32.1 Å². The minimum Gasteiger partial charge on any atom is -0.454 e. The number of nitrogens with zero attached hydrogens (tertiary/aromatic N) is 2. The van der Waals surface area contributed by atoms with Gasteiger partial charge in [0.25, 0.3) is 0 Å². The van der Waals surface area contributed by atoms with Gasteiger partial charge in [-0.15, -0.1) is 0 Å². The molecule has 1 aliphatic heterocycles. The molecule has 2 aromatic heterocycles. The number of furan rings is 1. The van der Waals surface area contributed by atoms with Crippen LogP contribution in [-0.4, -0.2) is 8.07 Å². The van der Waals surface area contributed by atoms with Gasteiger partial charge in [0.15, 0.2) is 6.20 Å². The molecule has 0 radical (unpaired) electrons. The number of aromatic nitrogens is 1. The molecule has 7 rings (SSSR count). The summed E-state index contributed by atoms with van der Waals surface area (Å²) in [6.07, 6.45) is 1.33. The Morgan fingerprint density at radius 2 is 1.60 bits per heavy atom. The summed E-state index contributed by atoms with van der Waals surface area (Å²) in [6.45, 7) is 4.07. The van der Waals surface area contributed by atoms with Crippen molar-refractivity contribution in [1.29, 1.82) is 5.26 Å². The van der Waals surface area contributed by atoms with E-state index in [4.69, 9.17) is 8.53 Å². The Hall–Kier alpha value is -4.53. The highest BCUT2D eigenvalue weighted by molar-refractivity contribution is 7.03. The molecular weight excluding hydrogens is 511 g/mol. The number of halogens is 1. The zero-order valence-electron chi connectivity index (χ0n) is 25.7. The molecule has 0 saturated carbocycles. The Bertz CT molecular complexity index is 2210. The van der Waals surface area contributed by atoms with Gasteiger partial charge in [0.05, 0.1) is 17.2 Å². The second kappa shape index (κ2) is 8.48. The molecule has 0 fully saturated rings. The molecule has 4 aromatic carbocycles. The maximum atomic E-state index is 15.2. The molecule has 0 bridgehead atoms. The lowest BCUT2D eigenvalue weighted by molar-refractivity contribution is -0.661. The maximum Gasteiger partial charge on any atom is 0.219 e. The fourth-order valence-corrected chi connectivity index (χ4v) is 9.54. The number of aryl methyl sites for hydroxylation is 3. The molecule has 0 saturated heterocycles. The number of benzene rings is 4. The molecule has 0 aliphatic carbocycles. The summed E-state index contributed by atoms with van der Waals surface area (Å²) in [7, 11) is -0.248. The minimum atomic E-state index is -2.57. The van der Waals surface area contributed by atoms with E-state index in [0.29, 0.717) is 28.0 Å². The van der Waals surface area contributed by atoms with Crippen LogP contribution in [0.15, 0.2) is 83.4 Å². The second-order valence-corrected chi connectivity index (χ2v) is 15.5. The van der Waals surface area contributed by atoms with Gasteiger partial charge < -0.3 is 4.42 Å². The summed E-state index contributed by atoms with van der Waals surface area (Å²) in [6, 6.07) is 26.4. The van der Waals surface area contributed by atoms with Crippen molar-refractivity contribution in [3.63, 3.8) is 0 Å². The molecule has 0 amide bonds. The molecule has 3 nitrogen and oxygen atoms in total. The van der Waals surface area contributed by atoms with E-state index in [1.807, 2.05) is 31.2 Å². The first kappa shape index (κ1) is 21.3. The van der Waals surface area contributed by atoms with E-state index < -0.39 is 20.7 Å². The van der Waals surface area contributed by atoms with Crippen LogP contribution in [-0.2, 0) is 7.05 Å². The molecule has 6 aromatic rings. The van der Waals surface area contributed by atoms with Crippen molar-refractivity contribution in [2.45, 2.75) is 26.9 Å². The second-order valence-electron chi connectivity index (χ2n) is 11.2. The third-order valence-corrected chi connectivity index (χ3v) is 12.0. The SMILES string of the molecule is [2H]C([2H])([2H])c1c[n+](C)c(-c2c(C)ccc3c2oc2c(-c4ccc5c(c4)[Si](C)(C)c4ccccc4-5)c(C#N)ccc23)cc1F. The third-order valence-electron chi connectivity index (χ3n) is 8.49. The number of pyridine rings is 1. The van der Waals surface area contributed by atoms with Crippen molar-refractivity contribution >= 4 is 40.4 Å². The quantitative estimate of drug-likeness (QED) is 0.172. The molecule has 1 aliphatic rings. The van der Waals surface area contributed by atoms with Crippen molar-refractivity contribution in [3.8, 4) is 39.6 Å². The number of fused-ring (bicyclic) bond motifs is 6. The first-order valence-corrected chi connectivity index (χ1v) is 16.3. The smallest absolute Gasteiger partial charge is 0.219 e. The number of rotatable bonds is 2. The van der Waals surface area contributed by atoms with E-state index in [1.165, 1.54) is 33.8 Å². The Balaban J connectivity index is 1.50. The van der Waals surface area contributed by atoms with E-state index in [0.717, 1.165) is 27.5 Å². The Labute approximate surface area is 238 Å². The van der Waals surface area contributed by atoms with Gasteiger partial charge in [0.1, 0.15) is 32.1 Å². The predicted molar refractivity (Wildman–Crippen MR) is 162 cm³/mol. The molecule has 194 valence electrons. The normalized spacial score (nSPS) is 14.8. The molecule has 5 heteroatoms. The standard InChI is InChI=1S/C35H28FN2OSi/c1-20-10-13-26-27-15-12-23(18-37)33(35(27)39-34(26)32(20)29-17-28(36)21(2)19-38(29)3)22-11-14-25-24-8-6-7-9-30(24)40(4,5)31(25)16-22/h6-17,19H,1-5H3/q+1/i2D3. The number of hydrogen-bond donors (Lipinski definition) is 0. The van der Waals surface area contributed by atoms with Crippen LogP contribution in [0.5, 0.6) is 0 Å². The third kappa shape index (κ3) is 3.30. The van der Waals surface area contributed by atoms with Crippen LogP contribution in [0, 0.1) is 30.9 Å². The van der Waals surface area contributed by atoms with Crippen LogP contribution in [0.4, 0.5) is 4.39 Å². The molecule has 0 atom stereocenters. The maximum absolute atomic E-state index is 15.2. The lowest BCUT2D eigenvalue weighted by atomic mass is 9.94. The summed E-state index contributed by atoms with van der Waals surface area (Å²) in [4.78, 5) is 0. The zero-order chi connectivity index (χ0) is 30.4. The highest BCUT2D eigenvalue weighted by Crippen LogP contribution is 2.42. The van der Waals surface area contributed by atoms with Gasteiger partial charge in [0.2, 0.25) is 5.69 Å².